The third-order valence-corrected chi connectivity index (χ3v) is 3.04. The van der Waals surface area contributed by atoms with Gasteiger partial charge in [-0.05, 0) is 24.5 Å². The van der Waals surface area contributed by atoms with E-state index in [1.165, 1.54) is 18.2 Å². The van der Waals surface area contributed by atoms with Crippen molar-refractivity contribution in [1.82, 2.24) is 0 Å². The van der Waals surface area contributed by atoms with Crippen molar-refractivity contribution in [3.8, 4) is 0 Å². The van der Waals surface area contributed by atoms with Gasteiger partial charge in [0, 0.05) is 0 Å². The molecule has 16 heavy (non-hydrogen) atoms. The zero-order valence-corrected chi connectivity index (χ0v) is 9.71. The van der Waals surface area contributed by atoms with Crippen LogP contribution in [0.1, 0.15) is 44.8 Å². The summed E-state index contributed by atoms with van der Waals surface area (Å²) in [7, 11) is 0. The van der Waals surface area contributed by atoms with Gasteiger partial charge in [-0.25, -0.2) is 8.78 Å². The summed E-state index contributed by atoms with van der Waals surface area (Å²) >= 11 is 0. The molecular weight excluding hydrogens is 210 g/mol. The van der Waals surface area contributed by atoms with E-state index in [1.807, 2.05) is 13.8 Å². The normalized spacial score (nSPS) is 13.1. The van der Waals surface area contributed by atoms with Crippen molar-refractivity contribution < 1.29 is 13.9 Å². The molecule has 0 fully saturated rings. The minimum atomic E-state index is -1.05. The van der Waals surface area contributed by atoms with Crippen LogP contribution in [0.4, 0.5) is 8.78 Å². The van der Waals surface area contributed by atoms with E-state index in [2.05, 4.69) is 0 Å². The van der Waals surface area contributed by atoms with Gasteiger partial charge < -0.3 is 5.11 Å². The molecule has 1 atom stereocenters. The molecule has 0 bridgehead atoms. The first-order valence-corrected chi connectivity index (χ1v) is 5.72. The standard InChI is InChI=1S/C13H18F2O/c1-3-9(4-2)8-12(16)13-10(14)6-5-7-11(13)15/h5-7,9,12,16H,3-4,8H2,1-2H3. The summed E-state index contributed by atoms with van der Waals surface area (Å²) in [5.74, 6) is -1.04. The summed E-state index contributed by atoms with van der Waals surface area (Å²) < 4.78 is 26.7. The van der Waals surface area contributed by atoms with Gasteiger partial charge in [0.2, 0.25) is 0 Å². The number of aliphatic hydroxyl groups excluding tert-OH is 1. The molecular formula is C13H18F2O. The average Bonchev–Trinajstić information content (AvgIpc) is 2.25. The van der Waals surface area contributed by atoms with Crippen molar-refractivity contribution in [2.24, 2.45) is 5.92 Å². The summed E-state index contributed by atoms with van der Waals surface area (Å²) in [4.78, 5) is 0. The lowest BCUT2D eigenvalue weighted by Gasteiger charge is -2.18. The van der Waals surface area contributed by atoms with Gasteiger partial charge in [0.25, 0.3) is 0 Å². The van der Waals surface area contributed by atoms with Crippen molar-refractivity contribution in [3.63, 3.8) is 0 Å². The molecule has 0 amide bonds. The second-order valence-corrected chi connectivity index (χ2v) is 4.07. The molecule has 0 radical (unpaired) electrons. The first-order valence-electron chi connectivity index (χ1n) is 5.72. The molecule has 0 spiro atoms. The van der Waals surface area contributed by atoms with Crippen LogP contribution in [-0.2, 0) is 0 Å². The molecule has 0 aliphatic heterocycles. The highest BCUT2D eigenvalue weighted by atomic mass is 19.1. The predicted octanol–water partition coefficient (Wildman–Crippen LogP) is 3.82. The van der Waals surface area contributed by atoms with Crippen LogP contribution in [0.15, 0.2) is 18.2 Å². The summed E-state index contributed by atoms with van der Waals surface area (Å²) in [5, 5.41) is 9.83. The van der Waals surface area contributed by atoms with Crippen LogP contribution in [0.3, 0.4) is 0 Å². The fourth-order valence-electron chi connectivity index (χ4n) is 1.88. The number of hydrogen-bond donors (Lipinski definition) is 1. The largest absolute Gasteiger partial charge is 0.388 e. The fraction of sp³-hybridized carbons (Fsp3) is 0.538. The van der Waals surface area contributed by atoms with E-state index >= 15 is 0 Å². The molecule has 0 aliphatic carbocycles. The van der Waals surface area contributed by atoms with Crippen LogP contribution in [0.2, 0.25) is 0 Å². The number of hydrogen-bond acceptors (Lipinski definition) is 1. The second-order valence-electron chi connectivity index (χ2n) is 4.07. The predicted molar refractivity (Wildman–Crippen MR) is 60.0 cm³/mol. The van der Waals surface area contributed by atoms with E-state index in [0.717, 1.165) is 12.8 Å². The Morgan fingerprint density at radius 3 is 2.06 bits per heavy atom. The monoisotopic (exact) mass is 228 g/mol. The second kappa shape index (κ2) is 5.94. The van der Waals surface area contributed by atoms with Crippen LogP contribution in [0.25, 0.3) is 0 Å². The molecule has 0 aliphatic rings. The zero-order chi connectivity index (χ0) is 12.1. The van der Waals surface area contributed by atoms with Crippen LogP contribution in [0, 0.1) is 17.6 Å². The summed E-state index contributed by atoms with van der Waals surface area (Å²) in [5.41, 5.74) is -0.200. The van der Waals surface area contributed by atoms with E-state index in [4.69, 9.17) is 0 Å². The molecule has 0 aromatic heterocycles. The molecule has 1 rings (SSSR count). The van der Waals surface area contributed by atoms with Gasteiger partial charge >= 0.3 is 0 Å². The van der Waals surface area contributed by atoms with Crippen molar-refractivity contribution in [1.29, 1.82) is 0 Å². The summed E-state index contributed by atoms with van der Waals surface area (Å²) in [6.45, 7) is 4.02. The van der Waals surface area contributed by atoms with E-state index in [0.29, 0.717) is 12.3 Å². The number of benzene rings is 1. The lowest BCUT2D eigenvalue weighted by molar-refractivity contribution is 0.133. The van der Waals surface area contributed by atoms with Gasteiger partial charge in [-0.15, -0.1) is 0 Å². The van der Waals surface area contributed by atoms with Gasteiger partial charge in [0.1, 0.15) is 11.6 Å². The minimum absolute atomic E-state index is 0.200. The van der Waals surface area contributed by atoms with Gasteiger partial charge in [-0.1, -0.05) is 32.8 Å². The molecule has 0 saturated heterocycles. The lowest BCUT2D eigenvalue weighted by atomic mass is 9.92. The van der Waals surface area contributed by atoms with Gasteiger partial charge in [-0.3, -0.25) is 0 Å². The van der Waals surface area contributed by atoms with E-state index in [9.17, 15) is 13.9 Å². The quantitative estimate of drug-likeness (QED) is 0.812. The highest BCUT2D eigenvalue weighted by molar-refractivity contribution is 5.22. The Balaban J connectivity index is 2.83. The first-order chi connectivity index (χ1) is 7.60. The Labute approximate surface area is 95.1 Å². The minimum Gasteiger partial charge on any atom is -0.388 e. The molecule has 1 N–H and O–H groups in total. The average molecular weight is 228 g/mol. The third-order valence-electron chi connectivity index (χ3n) is 3.04. The van der Waals surface area contributed by atoms with E-state index in [-0.39, 0.29) is 5.56 Å². The maximum atomic E-state index is 13.4. The first kappa shape index (κ1) is 13.1. The number of rotatable bonds is 5. The van der Waals surface area contributed by atoms with Crippen molar-refractivity contribution in [2.45, 2.75) is 39.2 Å². The summed E-state index contributed by atoms with van der Waals surface area (Å²) in [6, 6.07) is 3.65. The molecule has 1 unspecified atom stereocenters. The Bertz CT molecular complexity index is 314. The van der Waals surface area contributed by atoms with Crippen LogP contribution < -0.4 is 0 Å². The number of halogens is 2. The van der Waals surface area contributed by atoms with Crippen molar-refractivity contribution in [2.75, 3.05) is 0 Å². The summed E-state index contributed by atoms with van der Waals surface area (Å²) in [6.07, 6.45) is 1.17. The van der Waals surface area contributed by atoms with Gasteiger partial charge in [0.05, 0.1) is 11.7 Å². The maximum absolute atomic E-state index is 13.4. The van der Waals surface area contributed by atoms with E-state index < -0.39 is 17.7 Å². The van der Waals surface area contributed by atoms with Gasteiger partial charge in [0.15, 0.2) is 0 Å². The van der Waals surface area contributed by atoms with Crippen LogP contribution >= 0.6 is 0 Å². The molecule has 0 heterocycles. The molecule has 90 valence electrons. The molecule has 3 heteroatoms. The Kier molecular flexibility index (Phi) is 4.87. The maximum Gasteiger partial charge on any atom is 0.131 e. The zero-order valence-electron chi connectivity index (χ0n) is 9.71. The molecule has 0 saturated carbocycles. The topological polar surface area (TPSA) is 20.2 Å². The number of aliphatic hydroxyl groups is 1. The lowest BCUT2D eigenvalue weighted by Crippen LogP contribution is -2.09. The SMILES string of the molecule is CCC(CC)CC(O)c1c(F)cccc1F. The molecule has 1 nitrogen and oxygen atoms in total. The Morgan fingerprint density at radius 2 is 1.62 bits per heavy atom. The smallest absolute Gasteiger partial charge is 0.131 e. The molecule has 1 aromatic rings. The Morgan fingerprint density at radius 1 is 1.12 bits per heavy atom. The van der Waals surface area contributed by atoms with Gasteiger partial charge in [-0.2, -0.15) is 0 Å². The van der Waals surface area contributed by atoms with Crippen LogP contribution in [0.5, 0.6) is 0 Å². The highest BCUT2D eigenvalue weighted by Gasteiger charge is 2.20. The van der Waals surface area contributed by atoms with Crippen LogP contribution in [-0.4, -0.2) is 5.11 Å². The van der Waals surface area contributed by atoms with Crippen molar-refractivity contribution in [3.05, 3.63) is 35.4 Å². The van der Waals surface area contributed by atoms with Crippen molar-refractivity contribution >= 4 is 0 Å². The third kappa shape index (κ3) is 3.01. The molecule has 1 aromatic carbocycles. The fourth-order valence-corrected chi connectivity index (χ4v) is 1.88. The Hall–Kier alpha value is -0.960. The highest BCUT2D eigenvalue weighted by Crippen LogP contribution is 2.28. The van der Waals surface area contributed by atoms with E-state index in [1.54, 1.807) is 0 Å².